The smallest absolute Gasteiger partial charge is 0.341 e. The third-order valence-corrected chi connectivity index (χ3v) is 9.14. The van der Waals surface area contributed by atoms with Crippen molar-refractivity contribution in [2.45, 2.75) is 18.7 Å². The van der Waals surface area contributed by atoms with Gasteiger partial charge in [0, 0.05) is 27.9 Å². The first-order valence-corrected chi connectivity index (χ1v) is 17.1. The number of nitrogens with one attached hydrogen (secondary N) is 4. The SMILES string of the molecule is CCOC(=O)c1c(NC(=O)CSc2cccc(NC(=O)/C(=C/c3ccco3)NC(=O)c3ccccc3)c2)sc(C(=O)Nc2ccccc2)c1C. The Labute approximate surface area is 296 Å². The molecule has 0 saturated heterocycles. The van der Waals surface area contributed by atoms with E-state index in [0.29, 0.717) is 33.2 Å². The van der Waals surface area contributed by atoms with E-state index in [2.05, 4.69) is 21.3 Å². The molecule has 0 saturated carbocycles. The highest BCUT2D eigenvalue weighted by Crippen LogP contribution is 2.35. The Balaban J connectivity index is 1.25. The lowest BCUT2D eigenvalue weighted by Gasteiger charge is -2.12. The molecule has 0 aliphatic rings. The number of carbonyl (C=O) groups excluding carboxylic acids is 5. The molecule has 0 fully saturated rings. The molecule has 11 nitrogen and oxygen atoms in total. The van der Waals surface area contributed by atoms with Crippen LogP contribution >= 0.6 is 23.1 Å². The summed E-state index contributed by atoms with van der Waals surface area (Å²) in [6, 6.07) is 27.5. The molecule has 0 bridgehead atoms. The summed E-state index contributed by atoms with van der Waals surface area (Å²) in [6.45, 7) is 3.43. The van der Waals surface area contributed by atoms with E-state index < -0.39 is 29.6 Å². The van der Waals surface area contributed by atoms with E-state index in [-0.39, 0.29) is 33.5 Å². The highest BCUT2D eigenvalue weighted by Gasteiger charge is 2.27. The zero-order chi connectivity index (χ0) is 35.5. The Kier molecular flexibility index (Phi) is 12.0. The summed E-state index contributed by atoms with van der Waals surface area (Å²) < 4.78 is 10.6. The first-order valence-electron chi connectivity index (χ1n) is 15.3. The van der Waals surface area contributed by atoms with Crippen molar-refractivity contribution in [1.29, 1.82) is 0 Å². The number of esters is 1. The minimum absolute atomic E-state index is 0.0355. The number of rotatable bonds is 13. The Hall–Kier alpha value is -5.92. The number of hydrogen-bond acceptors (Lipinski definition) is 9. The van der Waals surface area contributed by atoms with Crippen molar-refractivity contribution in [2.24, 2.45) is 0 Å². The fourth-order valence-corrected chi connectivity index (χ4v) is 6.47. The molecular formula is C37H32N4O7S2. The van der Waals surface area contributed by atoms with Gasteiger partial charge >= 0.3 is 5.97 Å². The van der Waals surface area contributed by atoms with Gasteiger partial charge in [0.15, 0.2) is 0 Å². The number of furan rings is 1. The van der Waals surface area contributed by atoms with Crippen molar-refractivity contribution in [3.05, 3.63) is 136 Å². The van der Waals surface area contributed by atoms with E-state index >= 15 is 0 Å². The number of para-hydroxylation sites is 1. The molecule has 4 amide bonds. The van der Waals surface area contributed by atoms with Crippen LogP contribution in [0.3, 0.4) is 0 Å². The quantitative estimate of drug-likeness (QED) is 0.0568. The van der Waals surface area contributed by atoms with Crippen LogP contribution in [0.15, 0.2) is 118 Å². The molecule has 0 unspecified atom stereocenters. The highest BCUT2D eigenvalue weighted by atomic mass is 32.2. The van der Waals surface area contributed by atoms with Crippen molar-refractivity contribution < 1.29 is 33.1 Å². The molecule has 4 N–H and O–H groups in total. The van der Waals surface area contributed by atoms with Crippen LogP contribution in [0.1, 0.15) is 48.6 Å². The van der Waals surface area contributed by atoms with Gasteiger partial charge in [-0.05, 0) is 74.0 Å². The van der Waals surface area contributed by atoms with Crippen molar-refractivity contribution in [3.63, 3.8) is 0 Å². The third-order valence-electron chi connectivity index (χ3n) is 6.94. The second-order valence-electron chi connectivity index (χ2n) is 10.5. The van der Waals surface area contributed by atoms with Crippen LogP contribution in [0.25, 0.3) is 6.08 Å². The largest absolute Gasteiger partial charge is 0.465 e. The van der Waals surface area contributed by atoms with Gasteiger partial charge in [0.05, 0.1) is 29.1 Å². The van der Waals surface area contributed by atoms with E-state index in [1.807, 2.05) is 6.07 Å². The van der Waals surface area contributed by atoms with Crippen molar-refractivity contribution in [2.75, 3.05) is 28.3 Å². The summed E-state index contributed by atoms with van der Waals surface area (Å²) in [4.78, 5) is 66.2. The third kappa shape index (κ3) is 9.36. The highest BCUT2D eigenvalue weighted by molar-refractivity contribution is 8.00. The average Bonchev–Trinajstić information content (AvgIpc) is 3.75. The Bertz CT molecular complexity index is 2030. The molecule has 0 spiro atoms. The van der Waals surface area contributed by atoms with Crippen LogP contribution in [0.4, 0.5) is 16.4 Å². The molecule has 5 rings (SSSR count). The lowest BCUT2D eigenvalue weighted by molar-refractivity contribution is -0.114. The summed E-state index contributed by atoms with van der Waals surface area (Å²) in [5.74, 6) is -2.21. The number of thiophene rings is 1. The molecule has 2 heterocycles. The summed E-state index contributed by atoms with van der Waals surface area (Å²) in [5, 5.41) is 11.2. The van der Waals surface area contributed by atoms with E-state index in [9.17, 15) is 24.0 Å². The van der Waals surface area contributed by atoms with Crippen LogP contribution < -0.4 is 21.3 Å². The predicted octanol–water partition coefficient (Wildman–Crippen LogP) is 7.22. The number of hydrogen-bond donors (Lipinski definition) is 4. The number of thioether (sulfide) groups is 1. The molecule has 2 aromatic heterocycles. The van der Waals surface area contributed by atoms with Gasteiger partial charge in [-0.15, -0.1) is 23.1 Å². The van der Waals surface area contributed by atoms with Gasteiger partial charge in [-0.1, -0.05) is 42.5 Å². The average molecular weight is 709 g/mol. The molecule has 0 aliphatic heterocycles. The van der Waals surface area contributed by atoms with Crippen LogP contribution in [-0.4, -0.2) is 42.0 Å². The Morgan fingerprint density at radius 2 is 1.54 bits per heavy atom. The van der Waals surface area contributed by atoms with Gasteiger partial charge in [-0.3, -0.25) is 19.2 Å². The standard InChI is InChI=1S/C37H32N4O7S2/c1-3-47-37(46)31-23(2)32(35(45)38-25-14-8-5-9-15-25)50-36(31)41-30(42)22-49-28-18-10-16-26(20-28)39-34(44)29(21-27-17-11-19-48-27)40-33(43)24-12-6-4-7-13-24/h4-21H,3,22H2,1-2H3,(H,38,45)(H,39,44)(H,40,43)(H,41,42)/b29-21-. The first kappa shape index (κ1) is 35.4. The first-order chi connectivity index (χ1) is 24.2. The normalized spacial score (nSPS) is 11.0. The number of carbonyl (C=O) groups is 5. The predicted molar refractivity (Wildman–Crippen MR) is 194 cm³/mol. The summed E-state index contributed by atoms with van der Waals surface area (Å²) >= 11 is 2.19. The molecule has 13 heteroatoms. The van der Waals surface area contributed by atoms with Crippen LogP contribution in [0, 0.1) is 6.92 Å². The molecule has 0 atom stereocenters. The van der Waals surface area contributed by atoms with E-state index in [1.54, 1.807) is 105 Å². The Morgan fingerprint density at radius 3 is 2.24 bits per heavy atom. The monoisotopic (exact) mass is 708 g/mol. The van der Waals surface area contributed by atoms with Crippen LogP contribution in [0.5, 0.6) is 0 Å². The zero-order valence-electron chi connectivity index (χ0n) is 27.0. The minimum atomic E-state index is -0.646. The lowest BCUT2D eigenvalue weighted by atomic mass is 10.1. The summed E-state index contributed by atoms with van der Waals surface area (Å²) in [6.07, 6.45) is 2.88. The molecule has 0 radical (unpaired) electrons. The number of ether oxygens (including phenoxy) is 1. The number of amides is 4. The fourth-order valence-electron chi connectivity index (χ4n) is 4.61. The molecule has 50 heavy (non-hydrogen) atoms. The fraction of sp³-hybridized carbons (Fsp3) is 0.108. The molecular weight excluding hydrogens is 677 g/mol. The number of benzene rings is 3. The van der Waals surface area contributed by atoms with E-state index in [4.69, 9.17) is 9.15 Å². The van der Waals surface area contributed by atoms with Crippen molar-refractivity contribution in [1.82, 2.24) is 5.32 Å². The minimum Gasteiger partial charge on any atom is -0.465 e. The van der Waals surface area contributed by atoms with Gasteiger partial charge in [-0.25, -0.2) is 4.79 Å². The molecule has 5 aromatic rings. The van der Waals surface area contributed by atoms with Crippen LogP contribution in [-0.2, 0) is 14.3 Å². The topological polar surface area (TPSA) is 156 Å². The maximum atomic E-state index is 13.3. The van der Waals surface area contributed by atoms with Gasteiger partial charge < -0.3 is 30.4 Å². The van der Waals surface area contributed by atoms with E-state index in [0.717, 1.165) is 11.3 Å². The Morgan fingerprint density at radius 1 is 0.820 bits per heavy atom. The lowest BCUT2D eigenvalue weighted by Crippen LogP contribution is -2.30. The molecule has 3 aromatic carbocycles. The maximum Gasteiger partial charge on any atom is 0.341 e. The second-order valence-corrected chi connectivity index (χ2v) is 12.6. The van der Waals surface area contributed by atoms with Gasteiger partial charge in [-0.2, -0.15) is 0 Å². The second kappa shape index (κ2) is 17.0. The van der Waals surface area contributed by atoms with Gasteiger partial charge in [0.25, 0.3) is 17.7 Å². The van der Waals surface area contributed by atoms with Crippen molar-refractivity contribution in [3.8, 4) is 0 Å². The van der Waals surface area contributed by atoms with E-state index in [1.165, 1.54) is 24.1 Å². The van der Waals surface area contributed by atoms with Crippen molar-refractivity contribution >= 4 is 75.1 Å². The summed E-state index contributed by atoms with van der Waals surface area (Å²) in [5.41, 5.74) is 1.87. The molecule has 0 aliphatic carbocycles. The van der Waals surface area contributed by atoms with Gasteiger partial charge in [0.1, 0.15) is 16.5 Å². The number of anilines is 3. The molecule has 254 valence electrons. The summed E-state index contributed by atoms with van der Waals surface area (Å²) in [7, 11) is 0. The zero-order valence-corrected chi connectivity index (χ0v) is 28.6. The maximum absolute atomic E-state index is 13.3. The van der Waals surface area contributed by atoms with Crippen LogP contribution in [0.2, 0.25) is 0 Å². The van der Waals surface area contributed by atoms with Gasteiger partial charge in [0.2, 0.25) is 5.91 Å².